The summed E-state index contributed by atoms with van der Waals surface area (Å²) >= 11 is 2.08. The summed E-state index contributed by atoms with van der Waals surface area (Å²) in [6.07, 6.45) is 0.487. The van der Waals surface area contributed by atoms with Crippen LogP contribution in [-0.4, -0.2) is 40.1 Å². The van der Waals surface area contributed by atoms with Crippen molar-refractivity contribution < 1.29 is 5.11 Å². The molecule has 3 heteroatoms. The second-order valence-electron chi connectivity index (χ2n) is 6.24. The summed E-state index contributed by atoms with van der Waals surface area (Å²) in [5.41, 5.74) is 3.53. The number of aryl methyl sites for hydroxylation is 2. The van der Waals surface area contributed by atoms with Crippen LogP contribution in [0.2, 0.25) is 0 Å². The lowest BCUT2D eigenvalue weighted by atomic mass is 10.0. The van der Waals surface area contributed by atoms with E-state index < -0.39 is 0 Å². The monoisotopic (exact) mass is 293 g/mol. The molecule has 1 aromatic carbocycles. The number of thioether (sulfide) groups is 1. The van der Waals surface area contributed by atoms with Crippen LogP contribution in [0.1, 0.15) is 43.1 Å². The van der Waals surface area contributed by atoms with Crippen LogP contribution in [0.25, 0.3) is 0 Å². The maximum Gasteiger partial charge on any atom is 0.0802 e. The highest BCUT2D eigenvalue weighted by Gasteiger charge is 2.22. The molecule has 0 aliphatic carbocycles. The van der Waals surface area contributed by atoms with Crippen LogP contribution < -0.4 is 0 Å². The summed E-state index contributed by atoms with van der Waals surface area (Å²) in [4.78, 5) is 2.50. The van der Waals surface area contributed by atoms with Gasteiger partial charge in [0.05, 0.1) is 6.10 Å². The minimum absolute atomic E-state index is 0.339. The molecule has 0 saturated carbocycles. The van der Waals surface area contributed by atoms with Crippen LogP contribution in [0.4, 0.5) is 0 Å². The van der Waals surface area contributed by atoms with Crippen molar-refractivity contribution in [2.24, 2.45) is 0 Å². The van der Waals surface area contributed by atoms with E-state index in [0.717, 1.165) is 31.6 Å². The molecule has 0 aromatic heterocycles. The molecule has 2 nitrogen and oxygen atoms in total. The lowest BCUT2D eigenvalue weighted by Crippen LogP contribution is -2.41. The number of nitrogens with zero attached hydrogens (tertiary/aromatic N) is 1. The number of hydrogen-bond donors (Lipinski definition) is 1. The van der Waals surface area contributed by atoms with E-state index in [-0.39, 0.29) is 6.10 Å². The Balaban J connectivity index is 1.89. The van der Waals surface area contributed by atoms with Gasteiger partial charge in [0.1, 0.15) is 0 Å². The number of benzene rings is 1. The van der Waals surface area contributed by atoms with Gasteiger partial charge >= 0.3 is 0 Å². The highest BCUT2D eigenvalue weighted by atomic mass is 32.2. The molecule has 2 rings (SSSR count). The van der Waals surface area contributed by atoms with Crippen molar-refractivity contribution in [1.82, 2.24) is 4.90 Å². The molecule has 1 fully saturated rings. The molecule has 3 unspecified atom stereocenters. The zero-order valence-corrected chi connectivity index (χ0v) is 13.9. The van der Waals surface area contributed by atoms with Crippen molar-refractivity contribution in [3.8, 4) is 0 Å². The lowest BCUT2D eigenvalue weighted by molar-refractivity contribution is 0.141. The Kier molecular flexibility index (Phi) is 5.53. The van der Waals surface area contributed by atoms with Gasteiger partial charge in [0.25, 0.3) is 0 Å². The van der Waals surface area contributed by atoms with E-state index in [2.05, 4.69) is 62.6 Å². The van der Waals surface area contributed by atoms with E-state index in [0.29, 0.717) is 10.5 Å². The molecule has 0 radical (unpaired) electrons. The summed E-state index contributed by atoms with van der Waals surface area (Å²) in [5.74, 6) is 0. The number of hydrogen-bond acceptors (Lipinski definition) is 3. The first-order valence-electron chi connectivity index (χ1n) is 7.58. The van der Waals surface area contributed by atoms with Gasteiger partial charge in [0.2, 0.25) is 0 Å². The quantitative estimate of drug-likeness (QED) is 0.918. The molecular formula is C17H27NOS. The number of aliphatic hydroxyl groups is 1. The Morgan fingerprint density at radius 1 is 1.15 bits per heavy atom. The third kappa shape index (κ3) is 4.51. The molecule has 1 aromatic rings. The fraction of sp³-hybridized carbons (Fsp3) is 0.647. The van der Waals surface area contributed by atoms with E-state index in [9.17, 15) is 5.11 Å². The zero-order valence-electron chi connectivity index (χ0n) is 13.1. The van der Waals surface area contributed by atoms with Gasteiger partial charge in [-0.15, -0.1) is 0 Å². The average Bonchev–Trinajstić information content (AvgIpc) is 2.33. The van der Waals surface area contributed by atoms with Crippen LogP contribution in [0.3, 0.4) is 0 Å². The van der Waals surface area contributed by atoms with Gasteiger partial charge < -0.3 is 10.0 Å². The number of rotatable bonds is 4. The van der Waals surface area contributed by atoms with E-state index in [1.165, 1.54) is 11.1 Å². The molecule has 20 heavy (non-hydrogen) atoms. The Morgan fingerprint density at radius 3 is 2.25 bits per heavy atom. The molecule has 3 atom stereocenters. The van der Waals surface area contributed by atoms with Crippen LogP contribution in [0, 0.1) is 13.8 Å². The highest BCUT2D eigenvalue weighted by Crippen LogP contribution is 2.26. The lowest BCUT2D eigenvalue weighted by Gasteiger charge is -2.35. The van der Waals surface area contributed by atoms with Crippen molar-refractivity contribution in [2.75, 3.05) is 19.6 Å². The van der Waals surface area contributed by atoms with Gasteiger partial charge in [-0.3, -0.25) is 0 Å². The van der Waals surface area contributed by atoms with Gasteiger partial charge in [0.15, 0.2) is 0 Å². The molecular weight excluding hydrogens is 266 g/mol. The summed E-state index contributed by atoms with van der Waals surface area (Å²) in [5, 5.41) is 11.8. The fourth-order valence-corrected chi connectivity index (χ4v) is 4.53. The molecule has 0 spiro atoms. The number of aliphatic hydroxyl groups excluding tert-OH is 1. The maximum absolute atomic E-state index is 10.4. The second-order valence-corrected chi connectivity index (χ2v) is 8.12. The molecule has 1 saturated heterocycles. The topological polar surface area (TPSA) is 23.5 Å². The standard InChI is InChI=1S/C17H27NOS/c1-12-7-13(2)9-16(8-12)17(19)5-6-18-10-14(3)20-15(4)11-18/h7-9,14-15,17,19H,5-6,10-11H2,1-4H3. The van der Waals surface area contributed by atoms with Crippen LogP contribution >= 0.6 is 11.8 Å². The first kappa shape index (κ1) is 15.9. The third-order valence-electron chi connectivity index (χ3n) is 3.84. The molecule has 112 valence electrons. The van der Waals surface area contributed by atoms with Crippen LogP contribution in [-0.2, 0) is 0 Å². The molecule has 0 amide bonds. The predicted molar refractivity (Wildman–Crippen MR) is 88.4 cm³/mol. The summed E-state index contributed by atoms with van der Waals surface area (Å²) in [7, 11) is 0. The van der Waals surface area contributed by atoms with Crippen LogP contribution in [0.15, 0.2) is 18.2 Å². The van der Waals surface area contributed by atoms with Crippen molar-refractivity contribution in [3.05, 3.63) is 34.9 Å². The van der Waals surface area contributed by atoms with Crippen molar-refractivity contribution >= 4 is 11.8 Å². The minimum atomic E-state index is -0.339. The zero-order chi connectivity index (χ0) is 14.7. The van der Waals surface area contributed by atoms with Gasteiger partial charge in [0, 0.05) is 30.1 Å². The van der Waals surface area contributed by atoms with Crippen LogP contribution in [0.5, 0.6) is 0 Å². The van der Waals surface area contributed by atoms with E-state index >= 15 is 0 Å². The Morgan fingerprint density at radius 2 is 1.70 bits per heavy atom. The van der Waals surface area contributed by atoms with Gasteiger partial charge in [-0.1, -0.05) is 43.2 Å². The Hall–Kier alpha value is -0.510. The third-order valence-corrected chi connectivity index (χ3v) is 5.07. The van der Waals surface area contributed by atoms with E-state index in [1.54, 1.807) is 0 Å². The molecule has 1 aliphatic rings. The van der Waals surface area contributed by atoms with Gasteiger partial charge in [-0.2, -0.15) is 11.8 Å². The SMILES string of the molecule is Cc1cc(C)cc(C(O)CCN2CC(C)SC(C)C2)c1. The van der Waals surface area contributed by atoms with Crippen molar-refractivity contribution in [2.45, 2.75) is 50.7 Å². The van der Waals surface area contributed by atoms with Gasteiger partial charge in [-0.05, 0) is 25.8 Å². The fourth-order valence-electron chi connectivity index (χ4n) is 3.14. The normalized spacial score (nSPS) is 25.6. The first-order chi connectivity index (χ1) is 9.44. The van der Waals surface area contributed by atoms with E-state index in [1.807, 2.05) is 0 Å². The smallest absolute Gasteiger partial charge is 0.0802 e. The molecule has 1 heterocycles. The minimum Gasteiger partial charge on any atom is -0.388 e. The average molecular weight is 293 g/mol. The molecule has 1 N–H and O–H groups in total. The Bertz CT molecular complexity index is 418. The predicted octanol–water partition coefficient (Wildman–Crippen LogP) is 3.55. The summed E-state index contributed by atoms with van der Waals surface area (Å²) in [6, 6.07) is 6.37. The summed E-state index contributed by atoms with van der Waals surface area (Å²) in [6.45, 7) is 12.1. The van der Waals surface area contributed by atoms with E-state index in [4.69, 9.17) is 0 Å². The first-order valence-corrected chi connectivity index (χ1v) is 8.52. The second kappa shape index (κ2) is 6.97. The molecule has 0 bridgehead atoms. The summed E-state index contributed by atoms with van der Waals surface area (Å²) < 4.78 is 0. The largest absolute Gasteiger partial charge is 0.388 e. The van der Waals surface area contributed by atoms with Crippen molar-refractivity contribution in [3.63, 3.8) is 0 Å². The molecule has 1 aliphatic heterocycles. The highest BCUT2D eigenvalue weighted by molar-refractivity contribution is 8.00. The van der Waals surface area contributed by atoms with Gasteiger partial charge in [-0.25, -0.2) is 0 Å². The Labute approximate surface area is 127 Å². The van der Waals surface area contributed by atoms with Crippen molar-refractivity contribution in [1.29, 1.82) is 0 Å². The maximum atomic E-state index is 10.4.